The van der Waals surface area contributed by atoms with E-state index in [0.717, 1.165) is 52.3 Å². The maximum atomic E-state index is 13.5. The summed E-state index contributed by atoms with van der Waals surface area (Å²) in [4.78, 5) is 97.0. The lowest BCUT2D eigenvalue weighted by atomic mass is 9.97. The predicted octanol–water partition coefficient (Wildman–Crippen LogP) is 7.45. The lowest BCUT2D eigenvalue weighted by Crippen LogP contribution is -2.35. The quantitative estimate of drug-likeness (QED) is 0.0731. The molecule has 0 radical (unpaired) electrons. The van der Waals surface area contributed by atoms with Crippen LogP contribution in [0.4, 0.5) is 9.59 Å². The van der Waals surface area contributed by atoms with Crippen molar-refractivity contribution in [3.63, 3.8) is 0 Å². The van der Waals surface area contributed by atoms with Gasteiger partial charge in [0.1, 0.15) is 29.5 Å². The van der Waals surface area contributed by atoms with Crippen LogP contribution in [0, 0.1) is 5.41 Å². The fourth-order valence-electron chi connectivity index (χ4n) is 6.95. The number of nitrogens with one attached hydrogen (secondary N) is 1. The molecule has 4 amide bonds. The van der Waals surface area contributed by atoms with E-state index in [1.807, 2.05) is 31.2 Å². The number of hydrogen-bond acceptors (Lipinski definition) is 15. The zero-order valence-electron chi connectivity index (χ0n) is 38.0. The summed E-state index contributed by atoms with van der Waals surface area (Å²) in [5, 5.41) is 9.98. The van der Waals surface area contributed by atoms with Crippen molar-refractivity contribution in [3.8, 4) is 11.5 Å². The smallest absolute Gasteiger partial charge is 0.311 e. The van der Waals surface area contributed by atoms with Crippen molar-refractivity contribution in [2.24, 2.45) is 5.41 Å². The molecule has 0 aliphatic carbocycles. The van der Waals surface area contributed by atoms with Gasteiger partial charge in [-0.15, -0.1) is 0 Å². The molecule has 2 saturated heterocycles. The number of thioether (sulfide) groups is 2. The van der Waals surface area contributed by atoms with Gasteiger partial charge in [0.15, 0.2) is 6.10 Å². The number of benzene rings is 2. The predicted molar refractivity (Wildman–Crippen MR) is 250 cm³/mol. The van der Waals surface area contributed by atoms with E-state index in [1.54, 1.807) is 88.6 Å². The average molecular weight is 955 g/mol. The van der Waals surface area contributed by atoms with Gasteiger partial charge in [-0.3, -0.25) is 53.7 Å². The SMILES string of the molecule is CCc1ccc([C@H](COc2ccc(CC3SC(=O)N(CCc4ccc(C(COC(=O)CCC(=O)O)COc5ccc(CC6(C)SC(=O)NC6=O)cc5)cn4)C3=O)cc2)OC(=O)C(C)(C)C)cn1. The van der Waals surface area contributed by atoms with Gasteiger partial charge in [-0.2, -0.15) is 0 Å². The Balaban J connectivity index is 1.01. The van der Waals surface area contributed by atoms with E-state index >= 15 is 0 Å². The Bertz CT molecular complexity index is 2430. The minimum atomic E-state index is -1.12. The molecule has 4 heterocycles. The lowest BCUT2D eigenvalue weighted by Gasteiger charge is -2.24. The van der Waals surface area contributed by atoms with Crippen molar-refractivity contribution < 1.29 is 57.6 Å². The molecule has 4 atom stereocenters. The van der Waals surface area contributed by atoms with Gasteiger partial charge in [0.05, 0.1) is 36.0 Å². The molecule has 16 nitrogen and oxygen atoms in total. The fourth-order valence-corrected chi connectivity index (χ4v) is 8.94. The van der Waals surface area contributed by atoms with E-state index in [4.69, 9.17) is 24.1 Å². The molecule has 67 heavy (non-hydrogen) atoms. The first-order chi connectivity index (χ1) is 31.9. The van der Waals surface area contributed by atoms with Crippen LogP contribution in [0.1, 0.15) is 93.1 Å². The second kappa shape index (κ2) is 22.5. The highest BCUT2D eigenvalue weighted by Gasteiger charge is 2.44. The van der Waals surface area contributed by atoms with Crippen LogP contribution >= 0.6 is 23.5 Å². The zero-order valence-corrected chi connectivity index (χ0v) is 39.6. The molecule has 0 bridgehead atoms. The van der Waals surface area contributed by atoms with Crippen LogP contribution in [0.5, 0.6) is 11.5 Å². The van der Waals surface area contributed by atoms with Crippen LogP contribution in [-0.4, -0.2) is 96.5 Å². The standard InChI is InChI=1S/C49H54N4O12S2/c1-6-35-13-12-33(26-50-35)39(65-45(59)48(2,3)4)29-63-38-15-7-30(8-16-38)23-40-43(57)53(47(61)66-40)22-21-36-14-11-32(25-51-36)34(28-64-42(56)20-19-41(54)55)27-62-37-17-9-31(10-18-37)24-49(5)44(58)52-46(60)67-49/h7-18,25-26,34,39-40H,6,19-24,27-29H2,1-5H3,(H,54,55)(H,52,58,60)/t34?,39-,40?,49?/m0/s1. The van der Waals surface area contributed by atoms with Gasteiger partial charge >= 0.3 is 17.9 Å². The van der Waals surface area contributed by atoms with E-state index in [9.17, 15) is 33.6 Å². The number of carboxylic acids is 1. The summed E-state index contributed by atoms with van der Waals surface area (Å²) >= 11 is 1.94. The number of aryl methyl sites for hydroxylation is 1. The topological polar surface area (TPSA) is 218 Å². The van der Waals surface area contributed by atoms with Crippen LogP contribution < -0.4 is 14.8 Å². The van der Waals surface area contributed by atoms with Crippen molar-refractivity contribution >= 4 is 63.7 Å². The monoisotopic (exact) mass is 954 g/mol. The summed E-state index contributed by atoms with van der Waals surface area (Å²) in [6.45, 7) is 9.24. The largest absolute Gasteiger partial charge is 0.493 e. The van der Waals surface area contributed by atoms with Crippen LogP contribution in [0.15, 0.2) is 85.2 Å². The van der Waals surface area contributed by atoms with Gasteiger partial charge in [-0.25, -0.2) is 0 Å². The number of amides is 4. The first-order valence-corrected chi connectivity index (χ1v) is 23.6. The Morgan fingerprint density at radius 1 is 0.821 bits per heavy atom. The third-order valence-corrected chi connectivity index (χ3v) is 13.2. The normalized spacial score (nSPS) is 18.0. The molecule has 0 spiro atoms. The number of ether oxygens (including phenoxy) is 4. The highest BCUT2D eigenvalue weighted by molar-refractivity contribution is 8.16. The Hall–Kier alpha value is -6.27. The van der Waals surface area contributed by atoms with Gasteiger partial charge in [-0.1, -0.05) is 55.1 Å². The molecule has 354 valence electrons. The molecule has 6 rings (SSSR count). The van der Waals surface area contributed by atoms with Gasteiger partial charge in [0, 0.05) is 42.3 Å². The number of rotatable bonds is 22. The van der Waals surface area contributed by atoms with Gasteiger partial charge in [0.2, 0.25) is 11.8 Å². The molecule has 18 heteroatoms. The number of hydrogen-bond donors (Lipinski definition) is 2. The summed E-state index contributed by atoms with van der Waals surface area (Å²) in [7, 11) is 0. The van der Waals surface area contributed by atoms with Crippen molar-refractivity contribution in [2.75, 3.05) is 26.4 Å². The number of nitrogens with zero attached hydrogens (tertiary/aromatic N) is 3. The van der Waals surface area contributed by atoms with Crippen molar-refractivity contribution in [1.29, 1.82) is 0 Å². The summed E-state index contributed by atoms with van der Waals surface area (Å²) in [6.07, 6.45) is 3.72. The summed E-state index contributed by atoms with van der Waals surface area (Å²) in [5.74, 6) is -2.22. The molecular weight excluding hydrogens is 901 g/mol. The first-order valence-electron chi connectivity index (χ1n) is 21.9. The highest BCUT2D eigenvalue weighted by atomic mass is 32.2. The molecule has 2 aliphatic rings. The maximum Gasteiger partial charge on any atom is 0.311 e. The number of aliphatic carboxylic acids is 1. The van der Waals surface area contributed by atoms with Gasteiger partial charge < -0.3 is 24.1 Å². The summed E-state index contributed by atoms with van der Waals surface area (Å²) in [6, 6.07) is 21.7. The number of pyridine rings is 2. The second-order valence-electron chi connectivity index (χ2n) is 17.4. The second-order valence-corrected chi connectivity index (χ2v) is 20.0. The molecule has 0 saturated carbocycles. The Labute approximate surface area is 397 Å². The zero-order chi connectivity index (χ0) is 48.3. The van der Waals surface area contributed by atoms with E-state index in [-0.39, 0.29) is 67.5 Å². The number of carbonyl (C=O) groups excluding carboxylic acids is 6. The minimum Gasteiger partial charge on any atom is -0.493 e. The van der Waals surface area contributed by atoms with Gasteiger partial charge in [0.25, 0.3) is 10.5 Å². The Kier molecular flexibility index (Phi) is 16.8. The third kappa shape index (κ3) is 14.1. The van der Waals surface area contributed by atoms with Crippen LogP contribution in [0.25, 0.3) is 0 Å². The molecule has 2 N–H and O–H groups in total. The van der Waals surface area contributed by atoms with Crippen LogP contribution in [0.3, 0.4) is 0 Å². The van der Waals surface area contributed by atoms with Crippen molar-refractivity contribution in [1.82, 2.24) is 20.2 Å². The fraction of sp³-hybridized carbons (Fsp3) is 0.408. The maximum absolute atomic E-state index is 13.5. The Morgan fingerprint density at radius 3 is 2.03 bits per heavy atom. The molecule has 2 aromatic heterocycles. The van der Waals surface area contributed by atoms with Crippen molar-refractivity contribution in [2.45, 2.75) is 95.2 Å². The molecule has 2 aromatic carbocycles. The number of aromatic nitrogens is 2. The Morgan fingerprint density at radius 2 is 1.45 bits per heavy atom. The third-order valence-electron chi connectivity index (χ3n) is 11.0. The molecular formula is C49H54N4O12S2. The molecule has 2 aliphatic heterocycles. The van der Waals surface area contributed by atoms with Gasteiger partial charge in [-0.05, 0) is 112 Å². The summed E-state index contributed by atoms with van der Waals surface area (Å²) in [5.41, 5.74) is 3.90. The summed E-state index contributed by atoms with van der Waals surface area (Å²) < 4.78 is 22.5. The lowest BCUT2D eigenvalue weighted by molar-refractivity contribution is -0.160. The van der Waals surface area contributed by atoms with E-state index in [0.29, 0.717) is 42.0 Å². The van der Waals surface area contributed by atoms with E-state index < -0.39 is 39.4 Å². The van der Waals surface area contributed by atoms with E-state index in [1.165, 1.54) is 4.90 Å². The number of esters is 2. The minimum absolute atomic E-state index is 0.0679. The number of carbonyl (C=O) groups is 7. The molecule has 4 aromatic rings. The highest BCUT2D eigenvalue weighted by Crippen LogP contribution is 2.35. The molecule has 2 fully saturated rings. The first kappa shape index (κ1) is 50.1. The average Bonchev–Trinajstić information content (AvgIpc) is 3.72. The van der Waals surface area contributed by atoms with E-state index in [2.05, 4.69) is 15.3 Å². The van der Waals surface area contributed by atoms with Crippen LogP contribution in [0.2, 0.25) is 0 Å². The number of imide groups is 2. The number of carboxylic acid groups (broad SMARTS) is 1. The van der Waals surface area contributed by atoms with Crippen molar-refractivity contribution in [3.05, 3.63) is 119 Å². The molecule has 3 unspecified atom stereocenters. The van der Waals surface area contributed by atoms with Crippen LogP contribution in [-0.2, 0) is 59.1 Å².